The predicted molar refractivity (Wildman–Crippen MR) is 68.1 cm³/mol. The molecule has 0 radical (unpaired) electrons. The number of tetrazole rings is 1. The summed E-state index contributed by atoms with van der Waals surface area (Å²) in [4.78, 5) is 12.2. The van der Waals surface area contributed by atoms with Gasteiger partial charge in [-0.1, -0.05) is 17.3 Å². The second kappa shape index (κ2) is 5.40. The minimum Gasteiger partial charge on any atom is -0.360 e. The van der Waals surface area contributed by atoms with Crippen LogP contribution in [-0.4, -0.2) is 38.2 Å². The van der Waals surface area contributed by atoms with Gasteiger partial charge in [0.2, 0.25) is 0 Å². The van der Waals surface area contributed by atoms with Crippen molar-refractivity contribution in [2.24, 2.45) is 0 Å². The zero-order chi connectivity index (χ0) is 13.9. The molecular formula is C12H16N6O2. The van der Waals surface area contributed by atoms with Gasteiger partial charge in [0.1, 0.15) is 5.76 Å². The number of aromatic nitrogens is 5. The Morgan fingerprint density at radius 2 is 2.30 bits per heavy atom. The molecule has 2 N–H and O–H groups in total. The van der Waals surface area contributed by atoms with E-state index in [0.717, 1.165) is 37.0 Å². The molecule has 1 amide bonds. The number of H-pyrrole nitrogens is 1. The van der Waals surface area contributed by atoms with Crippen LogP contribution in [0.1, 0.15) is 53.3 Å². The van der Waals surface area contributed by atoms with Crippen LogP contribution < -0.4 is 5.32 Å². The number of hydrogen-bond donors (Lipinski definition) is 2. The Morgan fingerprint density at radius 1 is 1.45 bits per heavy atom. The van der Waals surface area contributed by atoms with Crippen molar-refractivity contribution < 1.29 is 9.32 Å². The molecule has 8 nitrogen and oxygen atoms in total. The summed E-state index contributed by atoms with van der Waals surface area (Å²) in [5.74, 6) is 1.22. The van der Waals surface area contributed by atoms with Crippen molar-refractivity contribution in [1.82, 2.24) is 31.1 Å². The van der Waals surface area contributed by atoms with Gasteiger partial charge in [0.25, 0.3) is 5.91 Å². The lowest BCUT2D eigenvalue weighted by atomic mass is 9.96. The lowest BCUT2D eigenvalue weighted by Crippen LogP contribution is -2.29. The second-order valence-corrected chi connectivity index (χ2v) is 5.02. The van der Waals surface area contributed by atoms with Gasteiger partial charge in [-0.25, -0.2) is 0 Å². The first-order chi connectivity index (χ1) is 9.75. The number of rotatable bonds is 4. The normalized spacial score (nSPS) is 15.7. The summed E-state index contributed by atoms with van der Waals surface area (Å²) in [7, 11) is 0. The fourth-order valence-electron chi connectivity index (χ4n) is 2.36. The van der Waals surface area contributed by atoms with Crippen molar-refractivity contribution in [2.75, 3.05) is 6.54 Å². The SMILES string of the molecule is CC(CNC(=O)c1noc2c1CCCC2)c1nn[nH]n1. The smallest absolute Gasteiger partial charge is 0.273 e. The van der Waals surface area contributed by atoms with Gasteiger partial charge < -0.3 is 9.84 Å². The van der Waals surface area contributed by atoms with E-state index in [1.54, 1.807) is 0 Å². The fourth-order valence-corrected chi connectivity index (χ4v) is 2.36. The summed E-state index contributed by atoms with van der Waals surface area (Å²) in [6.45, 7) is 2.35. The maximum Gasteiger partial charge on any atom is 0.273 e. The topological polar surface area (TPSA) is 110 Å². The number of fused-ring (bicyclic) bond motifs is 1. The van der Waals surface area contributed by atoms with Gasteiger partial charge in [0, 0.05) is 24.4 Å². The quantitative estimate of drug-likeness (QED) is 0.846. The second-order valence-electron chi connectivity index (χ2n) is 5.02. The summed E-state index contributed by atoms with van der Waals surface area (Å²) in [5, 5.41) is 20.4. The predicted octanol–water partition coefficient (Wildman–Crippen LogP) is 0.600. The summed E-state index contributed by atoms with van der Waals surface area (Å²) in [6.07, 6.45) is 3.91. The summed E-state index contributed by atoms with van der Waals surface area (Å²) in [6, 6.07) is 0. The maximum atomic E-state index is 12.2. The van der Waals surface area contributed by atoms with Crippen LogP contribution >= 0.6 is 0 Å². The standard InChI is InChI=1S/C12H16N6O2/c1-7(11-14-17-18-15-11)6-13-12(19)10-8-4-2-3-5-9(8)20-16-10/h7H,2-6H2,1H3,(H,13,19)(H,14,15,17,18). The number of nitrogens with one attached hydrogen (secondary N) is 2. The third-order valence-electron chi connectivity index (χ3n) is 3.54. The van der Waals surface area contributed by atoms with Gasteiger partial charge in [0.05, 0.1) is 0 Å². The van der Waals surface area contributed by atoms with E-state index in [1.807, 2.05) is 6.92 Å². The van der Waals surface area contributed by atoms with Crippen LogP contribution in [-0.2, 0) is 12.8 Å². The Labute approximate surface area is 115 Å². The van der Waals surface area contributed by atoms with Crippen molar-refractivity contribution >= 4 is 5.91 Å². The molecule has 2 aromatic heterocycles. The number of carbonyl (C=O) groups is 1. The molecule has 1 aliphatic carbocycles. The average Bonchev–Trinajstić information content (AvgIpc) is 3.13. The van der Waals surface area contributed by atoms with Gasteiger partial charge in [-0.3, -0.25) is 4.79 Å². The van der Waals surface area contributed by atoms with E-state index in [-0.39, 0.29) is 11.8 Å². The molecule has 20 heavy (non-hydrogen) atoms. The first kappa shape index (κ1) is 12.8. The zero-order valence-corrected chi connectivity index (χ0v) is 11.2. The number of aromatic amines is 1. The van der Waals surface area contributed by atoms with Crippen LogP contribution in [0.25, 0.3) is 0 Å². The highest BCUT2D eigenvalue weighted by atomic mass is 16.5. The zero-order valence-electron chi connectivity index (χ0n) is 11.2. The van der Waals surface area contributed by atoms with E-state index < -0.39 is 0 Å². The lowest BCUT2D eigenvalue weighted by Gasteiger charge is -2.10. The first-order valence-electron chi connectivity index (χ1n) is 6.74. The molecule has 0 aliphatic heterocycles. The fraction of sp³-hybridized carbons (Fsp3) is 0.583. The first-order valence-corrected chi connectivity index (χ1v) is 6.74. The highest BCUT2D eigenvalue weighted by molar-refractivity contribution is 5.93. The molecule has 1 unspecified atom stereocenters. The lowest BCUT2D eigenvalue weighted by molar-refractivity contribution is 0.0941. The molecule has 0 fully saturated rings. The van der Waals surface area contributed by atoms with E-state index in [9.17, 15) is 4.79 Å². The van der Waals surface area contributed by atoms with Gasteiger partial charge in [-0.2, -0.15) is 5.21 Å². The molecule has 8 heteroatoms. The van der Waals surface area contributed by atoms with Gasteiger partial charge in [-0.15, -0.1) is 10.2 Å². The van der Waals surface area contributed by atoms with Crippen LogP contribution in [0.2, 0.25) is 0 Å². The molecule has 2 aromatic rings. The summed E-state index contributed by atoms with van der Waals surface area (Å²) < 4.78 is 5.24. The number of aryl methyl sites for hydroxylation is 1. The largest absolute Gasteiger partial charge is 0.360 e. The van der Waals surface area contributed by atoms with Crippen LogP contribution in [0.4, 0.5) is 0 Å². The van der Waals surface area contributed by atoms with Crippen molar-refractivity contribution in [3.05, 3.63) is 22.8 Å². The van der Waals surface area contributed by atoms with Gasteiger partial charge >= 0.3 is 0 Å². The van der Waals surface area contributed by atoms with Crippen molar-refractivity contribution in [2.45, 2.75) is 38.5 Å². The Bertz CT molecular complexity index is 591. The Hall–Kier alpha value is -2.25. The minimum absolute atomic E-state index is 0.0135. The van der Waals surface area contributed by atoms with Crippen LogP contribution in [0.5, 0.6) is 0 Å². The molecule has 0 bridgehead atoms. The van der Waals surface area contributed by atoms with Gasteiger partial charge in [-0.05, 0) is 19.3 Å². The van der Waals surface area contributed by atoms with E-state index >= 15 is 0 Å². The van der Waals surface area contributed by atoms with E-state index in [1.165, 1.54) is 0 Å². The third-order valence-corrected chi connectivity index (χ3v) is 3.54. The van der Waals surface area contributed by atoms with Gasteiger partial charge in [0.15, 0.2) is 11.5 Å². The average molecular weight is 276 g/mol. The van der Waals surface area contributed by atoms with E-state index in [2.05, 4.69) is 31.1 Å². The highest BCUT2D eigenvalue weighted by Gasteiger charge is 2.24. The molecule has 0 saturated heterocycles. The number of amides is 1. The maximum absolute atomic E-state index is 12.2. The third kappa shape index (κ3) is 2.40. The number of nitrogens with zero attached hydrogens (tertiary/aromatic N) is 4. The van der Waals surface area contributed by atoms with Crippen molar-refractivity contribution in [3.63, 3.8) is 0 Å². The molecule has 1 aliphatic rings. The molecule has 0 aromatic carbocycles. The summed E-state index contributed by atoms with van der Waals surface area (Å²) >= 11 is 0. The molecule has 2 heterocycles. The molecular weight excluding hydrogens is 260 g/mol. The Balaban J connectivity index is 1.63. The monoisotopic (exact) mass is 276 g/mol. The van der Waals surface area contributed by atoms with Crippen LogP contribution in [0.15, 0.2) is 4.52 Å². The van der Waals surface area contributed by atoms with Crippen LogP contribution in [0, 0.1) is 0 Å². The molecule has 0 saturated carbocycles. The molecule has 3 rings (SSSR count). The van der Waals surface area contributed by atoms with Crippen molar-refractivity contribution in [1.29, 1.82) is 0 Å². The highest BCUT2D eigenvalue weighted by Crippen LogP contribution is 2.24. The number of hydrogen-bond acceptors (Lipinski definition) is 6. The molecule has 106 valence electrons. The van der Waals surface area contributed by atoms with Crippen molar-refractivity contribution in [3.8, 4) is 0 Å². The summed E-state index contributed by atoms with van der Waals surface area (Å²) in [5.41, 5.74) is 1.38. The van der Waals surface area contributed by atoms with E-state index in [0.29, 0.717) is 18.1 Å². The molecule has 1 atom stereocenters. The molecule has 0 spiro atoms. The van der Waals surface area contributed by atoms with E-state index in [4.69, 9.17) is 4.52 Å². The number of carbonyl (C=O) groups excluding carboxylic acids is 1. The Morgan fingerprint density at radius 3 is 3.10 bits per heavy atom. The van der Waals surface area contributed by atoms with Crippen LogP contribution in [0.3, 0.4) is 0 Å². The minimum atomic E-state index is -0.202. The Kier molecular flexibility index (Phi) is 3.44.